The topological polar surface area (TPSA) is 186 Å². The van der Waals surface area contributed by atoms with Crippen molar-refractivity contribution < 1.29 is 29.3 Å². The summed E-state index contributed by atoms with van der Waals surface area (Å²) >= 11 is 0. The number of aryl methyl sites for hydroxylation is 2. The molecule has 0 unspecified atom stereocenters. The van der Waals surface area contributed by atoms with Gasteiger partial charge in [0.2, 0.25) is 0 Å². The number of rotatable bonds is 10. The molecule has 0 saturated carbocycles. The summed E-state index contributed by atoms with van der Waals surface area (Å²) < 4.78 is 5.49. The number of piperidine rings is 1. The third kappa shape index (κ3) is 10.4. The quantitative estimate of drug-likeness (QED) is 0.236. The number of nitrogens with two attached hydrogens (primary N) is 1. The lowest BCUT2D eigenvalue weighted by Crippen LogP contribution is -2.53. The first-order chi connectivity index (χ1) is 22.5. The smallest absolute Gasteiger partial charge is 0.328 e. The Bertz CT molecular complexity index is 1400. The van der Waals surface area contributed by atoms with Crippen LogP contribution in [0.4, 0.5) is 23.0 Å². The molecule has 0 spiro atoms. The third-order valence-electron chi connectivity index (χ3n) is 8.79. The molecule has 3 fully saturated rings. The second-order valence-electron chi connectivity index (χ2n) is 12.2. The van der Waals surface area contributed by atoms with Crippen molar-refractivity contribution in [2.45, 2.75) is 58.0 Å². The molecule has 0 bridgehead atoms. The van der Waals surface area contributed by atoms with Gasteiger partial charge in [0.25, 0.3) is 5.91 Å². The van der Waals surface area contributed by atoms with Crippen LogP contribution in [0, 0.1) is 6.92 Å². The second kappa shape index (κ2) is 17.0. The molecule has 47 heavy (non-hydrogen) atoms. The average Bonchev–Trinajstić information content (AvgIpc) is 3.05. The van der Waals surface area contributed by atoms with Crippen molar-refractivity contribution in [2.75, 3.05) is 75.1 Å². The fourth-order valence-electron chi connectivity index (χ4n) is 6.18. The van der Waals surface area contributed by atoms with Crippen LogP contribution in [0.3, 0.4) is 0 Å². The molecule has 0 radical (unpaired) electrons. The van der Waals surface area contributed by atoms with Crippen LogP contribution in [0.1, 0.15) is 54.4 Å². The van der Waals surface area contributed by atoms with E-state index in [2.05, 4.69) is 62.5 Å². The summed E-state index contributed by atoms with van der Waals surface area (Å²) in [7, 11) is 2.22. The van der Waals surface area contributed by atoms with Crippen LogP contribution in [0.25, 0.3) is 0 Å². The van der Waals surface area contributed by atoms with E-state index in [0.29, 0.717) is 30.2 Å². The van der Waals surface area contributed by atoms with Gasteiger partial charge in [-0.2, -0.15) is 0 Å². The SMILES string of the molecule is CCc1nc(C(N)=O)c(Nc2ccc(N3CCN(C4CCN(C)CC4)CC3)c(C)c2)nc1NC1CCOCC1.O=C(O)/C=C/C(=O)O. The van der Waals surface area contributed by atoms with Crippen molar-refractivity contribution >= 4 is 40.9 Å². The predicted octanol–water partition coefficient (Wildman–Crippen LogP) is 2.71. The maximum Gasteiger partial charge on any atom is 0.328 e. The van der Waals surface area contributed by atoms with Crippen LogP contribution in [0.5, 0.6) is 0 Å². The number of anilines is 4. The monoisotopic (exact) mass is 652 g/mol. The number of ether oxygens (including phenoxy) is 1. The fourth-order valence-corrected chi connectivity index (χ4v) is 6.18. The Balaban J connectivity index is 0.000000555. The zero-order chi connectivity index (χ0) is 33.9. The summed E-state index contributed by atoms with van der Waals surface area (Å²) in [6.07, 6.45) is 6.15. The van der Waals surface area contributed by atoms with Crippen molar-refractivity contribution in [1.29, 1.82) is 0 Å². The molecule has 1 aromatic heterocycles. The molecular formula is C33H48N8O6. The van der Waals surface area contributed by atoms with Crippen molar-refractivity contribution in [1.82, 2.24) is 19.8 Å². The highest BCUT2D eigenvalue weighted by molar-refractivity contribution is 5.96. The van der Waals surface area contributed by atoms with Crippen LogP contribution in [-0.2, 0) is 20.7 Å². The standard InChI is InChI=1S/C29H44N8O2.C4H4O4/c1-4-24-28(31-21-9-17-39-18-10-21)34-29(26(33-24)27(30)38)32-22-5-6-25(20(2)19-22)37-15-13-36(14-16-37)23-7-11-35(3)12-8-23;5-3(6)1-2-4(7)8/h5-6,19,21,23H,4,7-18H2,1-3H3,(H2,30,38)(H2,31,32,34);1-2H,(H,5,6)(H,7,8)/b;2-1+. The number of nitrogens with zero attached hydrogens (tertiary/aromatic N) is 5. The number of carboxylic acids is 2. The van der Waals surface area contributed by atoms with Crippen LogP contribution < -0.4 is 21.3 Å². The maximum absolute atomic E-state index is 12.3. The maximum atomic E-state index is 12.3. The number of nitrogens with one attached hydrogen (secondary N) is 2. The molecule has 14 nitrogen and oxygen atoms in total. The molecule has 3 aliphatic heterocycles. The number of piperazine rings is 1. The minimum atomic E-state index is -1.26. The Morgan fingerprint density at radius 3 is 2.15 bits per heavy atom. The zero-order valence-corrected chi connectivity index (χ0v) is 27.6. The van der Waals surface area contributed by atoms with Crippen molar-refractivity contribution in [3.8, 4) is 0 Å². The van der Waals surface area contributed by atoms with E-state index in [1.165, 1.54) is 37.2 Å². The first kappa shape index (κ1) is 35.6. The van der Waals surface area contributed by atoms with E-state index in [1.807, 2.05) is 6.92 Å². The van der Waals surface area contributed by atoms with E-state index in [4.69, 9.17) is 25.7 Å². The van der Waals surface area contributed by atoms with Gasteiger partial charge in [0, 0.05) is 75.0 Å². The summed E-state index contributed by atoms with van der Waals surface area (Å²) in [6.45, 7) is 12.3. The molecule has 5 rings (SSSR count). The van der Waals surface area contributed by atoms with Gasteiger partial charge in [0.1, 0.15) is 0 Å². The predicted molar refractivity (Wildman–Crippen MR) is 181 cm³/mol. The summed E-state index contributed by atoms with van der Waals surface area (Å²) in [6, 6.07) is 7.33. The lowest BCUT2D eigenvalue weighted by molar-refractivity contribution is -0.134. The number of hydrogen-bond donors (Lipinski definition) is 5. The molecule has 0 atom stereocenters. The molecular weight excluding hydrogens is 604 g/mol. The molecule has 4 heterocycles. The number of carbonyl (C=O) groups excluding carboxylic acids is 1. The molecule has 1 aromatic carbocycles. The Kier molecular flexibility index (Phi) is 12.9. The lowest BCUT2D eigenvalue weighted by atomic mass is 10.0. The summed E-state index contributed by atoms with van der Waals surface area (Å²) in [5.41, 5.74) is 9.93. The van der Waals surface area contributed by atoms with Crippen molar-refractivity contribution in [3.05, 3.63) is 47.3 Å². The Hall–Kier alpha value is -4.27. The molecule has 2 aromatic rings. The molecule has 3 aliphatic rings. The number of aromatic nitrogens is 2. The Morgan fingerprint density at radius 2 is 1.60 bits per heavy atom. The highest BCUT2D eigenvalue weighted by Gasteiger charge is 2.27. The van der Waals surface area contributed by atoms with E-state index in [1.54, 1.807) is 0 Å². The molecule has 256 valence electrons. The fraction of sp³-hybridized carbons (Fsp3) is 0.545. The number of carboxylic acid groups (broad SMARTS) is 2. The number of amides is 1. The number of aliphatic carboxylic acids is 2. The van der Waals surface area contributed by atoms with E-state index < -0.39 is 17.8 Å². The molecule has 3 saturated heterocycles. The molecule has 6 N–H and O–H groups in total. The average molecular weight is 653 g/mol. The Morgan fingerprint density at radius 1 is 0.957 bits per heavy atom. The van der Waals surface area contributed by atoms with Gasteiger partial charge in [0.15, 0.2) is 17.3 Å². The van der Waals surface area contributed by atoms with Gasteiger partial charge in [-0.3, -0.25) is 9.69 Å². The van der Waals surface area contributed by atoms with Gasteiger partial charge >= 0.3 is 11.9 Å². The number of hydrogen-bond acceptors (Lipinski definition) is 11. The first-order valence-electron chi connectivity index (χ1n) is 16.3. The van der Waals surface area contributed by atoms with Crippen molar-refractivity contribution in [3.63, 3.8) is 0 Å². The van der Waals surface area contributed by atoms with Crippen molar-refractivity contribution in [2.24, 2.45) is 5.73 Å². The van der Waals surface area contributed by atoms with Gasteiger partial charge in [-0.15, -0.1) is 0 Å². The van der Waals surface area contributed by atoms with Gasteiger partial charge in [0.05, 0.1) is 5.69 Å². The van der Waals surface area contributed by atoms with Gasteiger partial charge in [-0.25, -0.2) is 19.6 Å². The van der Waals surface area contributed by atoms with Crippen LogP contribution in [-0.4, -0.2) is 119 Å². The summed E-state index contributed by atoms with van der Waals surface area (Å²) in [5.74, 6) is -2.02. The highest BCUT2D eigenvalue weighted by atomic mass is 16.5. The normalized spacial score (nSPS) is 18.4. The minimum absolute atomic E-state index is 0.163. The number of likely N-dealkylation sites (tertiary alicyclic amines) is 1. The van der Waals surface area contributed by atoms with E-state index in [9.17, 15) is 14.4 Å². The van der Waals surface area contributed by atoms with Gasteiger partial charge in [-0.1, -0.05) is 6.92 Å². The molecule has 1 amide bonds. The van der Waals surface area contributed by atoms with E-state index in [-0.39, 0.29) is 11.7 Å². The van der Waals surface area contributed by atoms with Crippen LogP contribution >= 0.6 is 0 Å². The summed E-state index contributed by atoms with van der Waals surface area (Å²) in [4.78, 5) is 48.4. The number of benzene rings is 1. The largest absolute Gasteiger partial charge is 0.478 e. The van der Waals surface area contributed by atoms with Crippen LogP contribution in [0.15, 0.2) is 30.4 Å². The molecule has 0 aliphatic carbocycles. The number of carbonyl (C=O) groups is 3. The van der Waals surface area contributed by atoms with E-state index >= 15 is 0 Å². The van der Waals surface area contributed by atoms with E-state index in [0.717, 1.165) is 69.7 Å². The highest BCUT2D eigenvalue weighted by Crippen LogP contribution is 2.29. The summed E-state index contributed by atoms with van der Waals surface area (Å²) in [5, 5.41) is 22.5. The molecule has 14 heteroatoms. The minimum Gasteiger partial charge on any atom is -0.478 e. The first-order valence-corrected chi connectivity index (χ1v) is 16.3. The van der Waals surface area contributed by atoms with Gasteiger partial charge in [-0.05, 0) is 82.9 Å². The van der Waals surface area contributed by atoms with Crippen LogP contribution in [0.2, 0.25) is 0 Å². The number of primary amides is 1. The second-order valence-corrected chi connectivity index (χ2v) is 12.2. The third-order valence-corrected chi connectivity index (χ3v) is 8.79. The van der Waals surface area contributed by atoms with Gasteiger partial charge < -0.3 is 41.1 Å². The Labute approximate surface area is 276 Å². The lowest BCUT2D eigenvalue weighted by Gasteiger charge is -2.43. The zero-order valence-electron chi connectivity index (χ0n) is 27.6.